The molecule has 2 N–H and O–H groups in total. The highest BCUT2D eigenvalue weighted by molar-refractivity contribution is 5.86. The molecule has 0 saturated heterocycles. The van der Waals surface area contributed by atoms with Gasteiger partial charge in [0.1, 0.15) is 28.9 Å². The van der Waals surface area contributed by atoms with Crippen molar-refractivity contribution in [1.82, 2.24) is 0 Å². The minimum absolute atomic E-state index is 0.0287. The first kappa shape index (κ1) is 15.8. The van der Waals surface area contributed by atoms with E-state index in [2.05, 4.69) is 0 Å². The standard InChI is InChI=1S/C19H10F2N2O3/c20-11-5-3-6-12(21)15(11)14-10(8-22)18(23)26-17-9-4-1-2-7-13(9)25-19(24)16(14)17/h1-7,14H,23H2. The maximum Gasteiger partial charge on any atom is 0.344 e. The second-order valence-corrected chi connectivity index (χ2v) is 5.69. The number of hydrogen-bond donors (Lipinski definition) is 1. The van der Waals surface area contributed by atoms with Crippen LogP contribution < -0.4 is 16.1 Å². The van der Waals surface area contributed by atoms with Crippen molar-refractivity contribution in [2.24, 2.45) is 5.73 Å². The van der Waals surface area contributed by atoms with Crippen molar-refractivity contribution < 1.29 is 17.9 Å². The van der Waals surface area contributed by atoms with Crippen molar-refractivity contribution in [3.05, 3.63) is 87.1 Å². The van der Waals surface area contributed by atoms with Crippen molar-refractivity contribution in [2.75, 3.05) is 0 Å². The van der Waals surface area contributed by atoms with Gasteiger partial charge in [0.05, 0.1) is 16.9 Å². The van der Waals surface area contributed by atoms with E-state index in [0.29, 0.717) is 5.39 Å². The minimum atomic E-state index is -1.37. The lowest BCUT2D eigenvalue weighted by Crippen LogP contribution is -2.27. The Bertz CT molecular complexity index is 1170. The molecule has 1 aromatic heterocycles. The third-order valence-corrected chi connectivity index (χ3v) is 4.26. The maximum atomic E-state index is 14.4. The summed E-state index contributed by atoms with van der Waals surface area (Å²) in [6.45, 7) is 0. The van der Waals surface area contributed by atoms with Gasteiger partial charge in [-0.25, -0.2) is 13.6 Å². The zero-order valence-electron chi connectivity index (χ0n) is 13.1. The predicted molar refractivity (Wildman–Crippen MR) is 88.1 cm³/mol. The molecule has 1 aliphatic heterocycles. The number of para-hydroxylation sites is 1. The van der Waals surface area contributed by atoms with Crippen LogP contribution in [0.2, 0.25) is 0 Å². The Labute approximate surface area is 145 Å². The van der Waals surface area contributed by atoms with Gasteiger partial charge < -0.3 is 14.9 Å². The number of nitrogens with two attached hydrogens (primary N) is 1. The average Bonchev–Trinajstić information content (AvgIpc) is 2.61. The lowest BCUT2D eigenvalue weighted by Gasteiger charge is -2.26. The number of halogens is 2. The number of ether oxygens (including phenoxy) is 1. The summed E-state index contributed by atoms with van der Waals surface area (Å²) in [6.07, 6.45) is 0. The van der Waals surface area contributed by atoms with Crippen LogP contribution in [0.4, 0.5) is 8.78 Å². The summed E-state index contributed by atoms with van der Waals surface area (Å²) in [5.74, 6) is -3.47. The van der Waals surface area contributed by atoms with Crippen molar-refractivity contribution in [3.8, 4) is 11.8 Å². The summed E-state index contributed by atoms with van der Waals surface area (Å²) in [7, 11) is 0. The second-order valence-electron chi connectivity index (χ2n) is 5.69. The zero-order valence-corrected chi connectivity index (χ0v) is 13.1. The lowest BCUT2D eigenvalue weighted by atomic mass is 9.83. The van der Waals surface area contributed by atoms with Crippen molar-refractivity contribution in [3.63, 3.8) is 0 Å². The molecule has 1 unspecified atom stereocenters. The van der Waals surface area contributed by atoms with Gasteiger partial charge in [0, 0.05) is 5.56 Å². The van der Waals surface area contributed by atoms with E-state index in [-0.39, 0.29) is 28.4 Å². The van der Waals surface area contributed by atoms with Gasteiger partial charge in [-0.2, -0.15) is 5.26 Å². The molecule has 1 atom stereocenters. The van der Waals surface area contributed by atoms with Crippen LogP contribution in [-0.2, 0) is 0 Å². The molecule has 0 bridgehead atoms. The molecule has 0 spiro atoms. The van der Waals surface area contributed by atoms with Gasteiger partial charge in [-0.05, 0) is 24.3 Å². The van der Waals surface area contributed by atoms with E-state index in [9.17, 15) is 18.8 Å². The number of rotatable bonds is 1. The minimum Gasteiger partial charge on any atom is -0.439 e. The smallest absolute Gasteiger partial charge is 0.344 e. The number of nitriles is 1. The van der Waals surface area contributed by atoms with Gasteiger partial charge in [0.15, 0.2) is 5.75 Å². The molecule has 0 saturated carbocycles. The molecule has 1 aliphatic rings. The molecule has 128 valence electrons. The van der Waals surface area contributed by atoms with Crippen molar-refractivity contribution >= 4 is 11.0 Å². The molecule has 2 heterocycles. The number of hydrogen-bond acceptors (Lipinski definition) is 5. The number of benzene rings is 2. The molecule has 26 heavy (non-hydrogen) atoms. The Balaban J connectivity index is 2.15. The fourth-order valence-electron chi connectivity index (χ4n) is 3.14. The molecule has 0 fully saturated rings. The molecule has 0 amide bonds. The highest BCUT2D eigenvalue weighted by Gasteiger charge is 2.38. The van der Waals surface area contributed by atoms with Gasteiger partial charge in [0.25, 0.3) is 0 Å². The first-order valence-electron chi connectivity index (χ1n) is 7.60. The SMILES string of the molecule is N#CC1=C(N)Oc2c(c(=O)oc3ccccc23)C1c1c(F)cccc1F. The lowest BCUT2D eigenvalue weighted by molar-refractivity contribution is 0.385. The van der Waals surface area contributed by atoms with Crippen LogP contribution in [0.5, 0.6) is 5.75 Å². The summed E-state index contributed by atoms with van der Waals surface area (Å²) in [5, 5.41) is 9.87. The number of nitrogens with zero attached hydrogens (tertiary/aromatic N) is 1. The van der Waals surface area contributed by atoms with Gasteiger partial charge in [-0.3, -0.25) is 0 Å². The van der Waals surface area contributed by atoms with Crippen LogP contribution in [0.3, 0.4) is 0 Å². The molecular formula is C19H10F2N2O3. The van der Waals surface area contributed by atoms with Crippen molar-refractivity contribution in [1.29, 1.82) is 5.26 Å². The van der Waals surface area contributed by atoms with Crippen LogP contribution >= 0.6 is 0 Å². The first-order valence-corrected chi connectivity index (χ1v) is 7.60. The van der Waals surface area contributed by atoms with E-state index < -0.39 is 28.7 Å². The second kappa shape index (κ2) is 5.70. The van der Waals surface area contributed by atoms with Crippen LogP contribution in [0.15, 0.2) is 63.1 Å². The molecule has 0 radical (unpaired) electrons. The average molecular weight is 352 g/mol. The third-order valence-electron chi connectivity index (χ3n) is 4.26. The topological polar surface area (TPSA) is 89.3 Å². The molecule has 7 heteroatoms. The van der Waals surface area contributed by atoms with Gasteiger partial charge >= 0.3 is 5.63 Å². The van der Waals surface area contributed by atoms with E-state index in [0.717, 1.165) is 12.1 Å². The summed E-state index contributed by atoms with van der Waals surface area (Å²) in [5.41, 5.74) is 4.32. The summed E-state index contributed by atoms with van der Waals surface area (Å²) in [4.78, 5) is 12.6. The van der Waals surface area contributed by atoms with Crippen molar-refractivity contribution in [2.45, 2.75) is 5.92 Å². The van der Waals surface area contributed by atoms with Crippen LogP contribution in [0.1, 0.15) is 17.0 Å². The van der Waals surface area contributed by atoms with Gasteiger partial charge in [-0.15, -0.1) is 0 Å². The van der Waals surface area contributed by atoms with Gasteiger partial charge in [-0.1, -0.05) is 18.2 Å². The zero-order chi connectivity index (χ0) is 18.4. The monoisotopic (exact) mass is 352 g/mol. The predicted octanol–water partition coefficient (Wildman–Crippen LogP) is 3.29. The van der Waals surface area contributed by atoms with E-state index >= 15 is 0 Å². The van der Waals surface area contributed by atoms with Crippen LogP contribution in [0.25, 0.3) is 11.0 Å². The molecular weight excluding hydrogens is 342 g/mol. The first-order chi connectivity index (χ1) is 12.5. The Hall–Kier alpha value is -3.66. The number of fused-ring (bicyclic) bond motifs is 3. The molecule has 0 aliphatic carbocycles. The van der Waals surface area contributed by atoms with Crippen LogP contribution in [-0.4, -0.2) is 0 Å². The number of allylic oxidation sites excluding steroid dienone is 1. The maximum absolute atomic E-state index is 14.4. The highest BCUT2D eigenvalue weighted by Crippen LogP contribution is 2.44. The Kier molecular flexibility index (Phi) is 3.48. The Morgan fingerprint density at radius 3 is 2.42 bits per heavy atom. The van der Waals surface area contributed by atoms with E-state index in [4.69, 9.17) is 14.9 Å². The highest BCUT2D eigenvalue weighted by atomic mass is 19.1. The fourth-order valence-corrected chi connectivity index (χ4v) is 3.14. The fraction of sp³-hybridized carbons (Fsp3) is 0.0526. The molecule has 3 aromatic rings. The van der Waals surface area contributed by atoms with E-state index in [1.54, 1.807) is 30.3 Å². The Morgan fingerprint density at radius 1 is 1.04 bits per heavy atom. The Morgan fingerprint density at radius 2 is 1.73 bits per heavy atom. The largest absolute Gasteiger partial charge is 0.439 e. The van der Waals surface area contributed by atoms with E-state index in [1.807, 2.05) is 0 Å². The van der Waals surface area contributed by atoms with E-state index in [1.165, 1.54) is 6.07 Å². The third kappa shape index (κ3) is 2.16. The quantitative estimate of drug-likeness (QED) is 0.679. The summed E-state index contributed by atoms with van der Waals surface area (Å²) in [6, 6.07) is 11.6. The molecule has 5 nitrogen and oxygen atoms in total. The summed E-state index contributed by atoms with van der Waals surface area (Å²) >= 11 is 0. The van der Waals surface area contributed by atoms with Gasteiger partial charge in [0.2, 0.25) is 5.88 Å². The normalized spacial score (nSPS) is 16.1. The molecule has 2 aromatic carbocycles. The van der Waals surface area contributed by atoms with Crippen LogP contribution in [0, 0.1) is 23.0 Å². The molecule has 4 rings (SSSR count). The summed E-state index contributed by atoms with van der Waals surface area (Å²) < 4.78 is 39.6.